The second-order valence-corrected chi connectivity index (χ2v) is 3.77. The van der Waals surface area contributed by atoms with Crippen molar-refractivity contribution in [3.8, 4) is 5.75 Å². The van der Waals surface area contributed by atoms with E-state index in [1.165, 1.54) is 35.6 Å². The number of esters is 1. The Kier molecular flexibility index (Phi) is 2.78. The molecular formula is C11H7FO2S. The smallest absolute Gasteiger partial charge is 0.353 e. The SMILES string of the molecule is O=C(Oc1ccc(F)cc1)c1cccs1. The standard InChI is InChI=1S/C11H7FO2S/c12-8-3-5-9(6-4-8)14-11(13)10-2-1-7-15-10/h1-7H. The van der Waals surface area contributed by atoms with Gasteiger partial charge in [0, 0.05) is 0 Å². The number of ether oxygens (including phenoxy) is 1. The highest BCUT2D eigenvalue weighted by Crippen LogP contribution is 2.15. The molecule has 1 heterocycles. The molecule has 76 valence electrons. The number of halogens is 1. The molecule has 0 fully saturated rings. The highest BCUT2D eigenvalue weighted by Gasteiger charge is 2.08. The minimum atomic E-state index is -0.420. The lowest BCUT2D eigenvalue weighted by atomic mass is 10.3. The van der Waals surface area contributed by atoms with Crippen molar-refractivity contribution in [2.24, 2.45) is 0 Å². The van der Waals surface area contributed by atoms with Gasteiger partial charge in [-0.15, -0.1) is 11.3 Å². The number of benzene rings is 1. The normalized spacial score (nSPS) is 9.93. The van der Waals surface area contributed by atoms with Gasteiger partial charge in [0.2, 0.25) is 0 Å². The summed E-state index contributed by atoms with van der Waals surface area (Å²) in [5, 5.41) is 1.79. The average molecular weight is 222 g/mol. The predicted octanol–water partition coefficient (Wildman–Crippen LogP) is 3.11. The van der Waals surface area contributed by atoms with Crippen LogP contribution in [0.3, 0.4) is 0 Å². The first kappa shape index (κ1) is 9.86. The summed E-state index contributed by atoms with van der Waals surface area (Å²) in [6.45, 7) is 0. The fourth-order valence-electron chi connectivity index (χ4n) is 1.05. The number of thiophene rings is 1. The van der Waals surface area contributed by atoms with Crippen molar-refractivity contribution >= 4 is 17.3 Å². The summed E-state index contributed by atoms with van der Waals surface area (Å²) in [4.78, 5) is 12.0. The van der Waals surface area contributed by atoms with Gasteiger partial charge in [0.25, 0.3) is 0 Å². The molecular weight excluding hydrogens is 215 g/mol. The van der Waals surface area contributed by atoms with Crippen molar-refractivity contribution in [2.75, 3.05) is 0 Å². The molecule has 4 heteroatoms. The fourth-order valence-corrected chi connectivity index (χ4v) is 1.65. The van der Waals surface area contributed by atoms with Crippen LogP contribution in [0, 0.1) is 5.82 Å². The molecule has 0 unspecified atom stereocenters. The first-order valence-electron chi connectivity index (χ1n) is 4.27. The Morgan fingerprint density at radius 2 is 1.93 bits per heavy atom. The molecule has 2 rings (SSSR count). The van der Waals surface area contributed by atoms with E-state index in [1.807, 2.05) is 0 Å². The molecule has 0 amide bonds. The molecule has 0 atom stereocenters. The molecule has 0 radical (unpaired) electrons. The molecule has 2 aromatic rings. The Balaban J connectivity index is 2.09. The number of carbonyl (C=O) groups excluding carboxylic acids is 1. The lowest BCUT2D eigenvalue weighted by Gasteiger charge is -2.01. The van der Waals surface area contributed by atoms with Crippen molar-refractivity contribution in [3.05, 3.63) is 52.5 Å². The summed E-state index contributed by atoms with van der Waals surface area (Å²) in [7, 11) is 0. The molecule has 1 aromatic carbocycles. The van der Waals surface area contributed by atoms with Crippen LogP contribution in [0.5, 0.6) is 5.75 Å². The topological polar surface area (TPSA) is 26.3 Å². The quantitative estimate of drug-likeness (QED) is 0.576. The molecule has 0 N–H and O–H groups in total. The van der Waals surface area contributed by atoms with Gasteiger partial charge < -0.3 is 4.74 Å². The highest BCUT2D eigenvalue weighted by atomic mass is 32.1. The van der Waals surface area contributed by atoms with Gasteiger partial charge in [-0.2, -0.15) is 0 Å². The van der Waals surface area contributed by atoms with Gasteiger partial charge in [-0.25, -0.2) is 9.18 Å². The maximum absolute atomic E-state index is 12.6. The van der Waals surface area contributed by atoms with Crippen LogP contribution in [-0.2, 0) is 0 Å². The van der Waals surface area contributed by atoms with Crippen LogP contribution in [-0.4, -0.2) is 5.97 Å². The van der Waals surface area contributed by atoms with E-state index in [1.54, 1.807) is 17.5 Å². The average Bonchev–Trinajstić information content (AvgIpc) is 2.74. The summed E-state index contributed by atoms with van der Waals surface area (Å²) < 4.78 is 17.6. The zero-order valence-corrected chi connectivity index (χ0v) is 8.46. The molecule has 0 saturated carbocycles. The summed E-state index contributed by atoms with van der Waals surface area (Å²) >= 11 is 1.30. The van der Waals surface area contributed by atoms with Gasteiger partial charge >= 0.3 is 5.97 Å². The molecule has 0 spiro atoms. The van der Waals surface area contributed by atoms with Crippen LogP contribution in [0.4, 0.5) is 4.39 Å². The summed E-state index contributed by atoms with van der Waals surface area (Å²) in [5.41, 5.74) is 0. The van der Waals surface area contributed by atoms with Crippen LogP contribution in [0.1, 0.15) is 9.67 Å². The molecule has 0 saturated heterocycles. The first-order chi connectivity index (χ1) is 7.25. The van der Waals surface area contributed by atoms with Crippen molar-refractivity contribution in [3.63, 3.8) is 0 Å². The third-order valence-electron chi connectivity index (χ3n) is 1.75. The van der Waals surface area contributed by atoms with Crippen LogP contribution in [0.15, 0.2) is 41.8 Å². The minimum absolute atomic E-state index is 0.342. The van der Waals surface area contributed by atoms with E-state index < -0.39 is 5.97 Å². The zero-order valence-electron chi connectivity index (χ0n) is 7.64. The third-order valence-corrected chi connectivity index (χ3v) is 2.60. The van der Waals surface area contributed by atoms with Gasteiger partial charge in [-0.3, -0.25) is 0 Å². The van der Waals surface area contributed by atoms with E-state index in [4.69, 9.17) is 4.74 Å². The van der Waals surface area contributed by atoms with Crippen molar-refractivity contribution in [1.29, 1.82) is 0 Å². The maximum atomic E-state index is 12.6. The molecule has 15 heavy (non-hydrogen) atoms. The lowest BCUT2D eigenvalue weighted by Crippen LogP contribution is -2.05. The van der Waals surface area contributed by atoms with E-state index >= 15 is 0 Å². The van der Waals surface area contributed by atoms with Crippen molar-refractivity contribution in [1.82, 2.24) is 0 Å². The lowest BCUT2D eigenvalue weighted by molar-refractivity contribution is 0.0739. The summed E-state index contributed by atoms with van der Waals surface area (Å²) in [6.07, 6.45) is 0. The van der Waals surface area contributed by atoms with E-state index in [0.29, 0.717) is 10.6 Å². The minimum Gasteiger partial charge on any atom is -0.422 e. The van der Waals surface area contributed by atoms with Crippen LogP contribution >= 0.6 is 11.3 Å². The molecule has 0 aliphatic carbocycles. The zero-order chi connectivity index (χ0) is 10.7. The Morgan fingerprint density at radius 1 is 1.20 bits per heavy atom. The largest absolute Gasteiger partial charge is 0.422 e. The second-order valence-electron chi connectivity index (χ2n) is 2.82. The highest BCUT2D eigenvalue weighted by molar-refractivity contribution is 7.12. The maximum Gasteiger partial charge on any atom is 0.353 e. The van der Waals surface area contributed by atoms with Gasteiger partial charge in [0.05, 0.1) is 0 Å². The monoisotopic (exact) mass is 222 g/mol. The van der Waals surface area contributed by atoms with Crippen molar-refractivity contribution in [2.45, 2.75) is 0 Å². The third kappa shape index (κ3) is 2.41. The summed E-state index contributed by atoms with van der Waals surface area (Å²) in [5.74, 6) is -0.433. The number of hydrogen-bond acceptors (Lipinski definition) is 3. The van der Waals surface area contributed by atoms with E-state index in [0.717, 1.165) is 0 Å². The molecule has 0 aliphatic heterocycles. The fraction of sp³-hybridized carbons (Fsp3) is 0. The number of carbonyl (C=O) groups is 1. The Morgan fingerprint density at radius 3 is 2.53 bits per heavy atom. The summed E-state index contributed by atoms with van der Waals surface area (Å²) in [6, 6.07) is 8.78. The van der Waals surface area contributed by atoms with E-state index in [9.17, 15) is 9.18 Å². The van der Waals surface area contributed by atoms with E-state index in [-0.39, 0.29) is 5.82 Å². The number of rotatable bonds is 2. The predicted molar refractivity (Wildman–Crippen MR) is 55.7 cm³/mol. The van der Waals surface area contributed by atoms with Gasteiger partial charge in [-0.05, 0) is 35.7 Å². The van der Waals surface area contributed by atoms with Gasteiger partial charge in [0.1, 0.15) is 16.4 Å². The van der Waals surface area contributed by atoms with Crippen molar-refractivity contribution < 1.29 is 13.9 Å². The molecule has 0 bridgehead atoms. The first-order valence-corrected chi connectivity index (χ1v) is 5.15. The van der Waals surface area contributed by atoms with Crippen LogP contribution in [0.2, 0.25) is 0 Å². The molecule has 2 nitrogen and oxygen atoms in total. The Hall–Kier alpha value is -1.68. The molecule has 0 aliphatic rings. The molecule has 1 aromatic heterocycles. The second kappa shape index (κ2) is 4.23. The van der Waals surface area contributed by atoms with Crippen LogP contribution < -0.4 is 4.74 Å². The Bertz CT molecular complexity index is 448. The van der Waals surface area contributed by atoms with Gasteiger partial charge in [0.15, 0.2) is 0 Å². The van der Waals surface area contributed by atoms with Gasteiger partial charge in [-0.1, -0.05) is 6.07 Å². The number of hydrogen-bond donors (Lipinski definition) is 0. The van der Waals surface area contributed by atoms with Crippen LogP contribution in [0.25, 0.3) is 0 Å². The Labute approximate surface area is 89.9 Å². The van der Waals surface area contributed by atoms with E-state index in [2.05, 4.69) is 0 Å².